The number of rotatable bonds is 7. The van der Waals surface area contributed by atoms with Gasteiger partial charge in [0.25, 0.3) is 5.69 Å². The maximum atomic E-state index is 12.1. The van der Waals surface area contributed by atoms with E-state index in [1.807, 2.05) is 13.2 Å². The summed E-state index contributed by atoms with van der Waals surface area (Å²) in [6, 6.07) is 3.36. The quantitative estimate of drug-likeness (QED) is 0.448. The maximum absolute atomic E-state index is 12.1. The molecule has 0 aromatic heterocycles. The number of nitrogens with zero attached hydrogens (tertiary/aromatic N) is 1. The van der Waals surface area contributed by atoms with Gasteiger partial charge in [0, 0.05) is 23.9 Å². The summed E-state index contributed by atoms with van der Waals surface area (Å²) < 4.78 is 26.6. The number of hydrogen-bond donors (Lipinski definition) is 2. The minimum absolute atomic E-state index is 0.0129. The van der Waals surface area contributed by atoms with Gasteiger partial charge in [0.15, 0.2) is 0 Å². The highest BCUT2D eigenvalue weighted by atomic mass is 32.2. The fourth-order valence-corrected chi connectivity index (χ4v) is 3.01. The van der Waals surface area contributed by atoms with Crippen molar-refractivity contribution in [2.75, 3.05) is 18.5 Å². The van der Waals surface area contributed by atoms with Crippen molar-refractivity contribution in [2.24, 2.45) is 0 Å². The molecule has 0 aliphatic heterocycles. The van der Waals surface area contributed by atoms with Crippen LogP contribution in [0, 0.1) is 10.1 Å². The molecule has 3 N–H and O–H groups in total. The molecule has 0 amide bonds. The fraction of sp³-hybridized carbons (Fsp3) is 0.455. The van der Waals surface area contributed by atoms with E-state index in [4.69, 9.17) is 5.73 Å². The zero-order valence-electron chi connectivity index (χ0n) is 11.2. The van der Waals surface area contributed by atoms with Crippen molar-refractivity contribution >= 4 is 33.2 Å². The van der Waals surface area contributed by atoms with Gasteiger partial charge in [0.2, 0.25) is 10.0 Å². The summed E-state index contributed by atoms with van der Waals surface area (Å²) in [6.45, 7) is 2.24. The number of hydrogen-bond acceptors (Lipinski definition) is 6. The molecule has 0 aliphatic rings. The molecule has 0 radical (unpaired) electrons. The Balaban J connectivity index is 2.92. The van der Waals surface area contributed by atoms with Crippen LogP contribution in [0.25, 0.3) is 0 Å². The second kappa shape index (κ2) is 6.91. The van der Waals surface area contributed by atoms with Gasteiger partial charge in [0.1, 0.15) is 4.90 Å². The van der Waals surface area contributed by atoms with Crippen LogP contribution in [-0.2, 0) is 10.0 Å². The van der Waals surface area contributed by atoms with Crippen LogP contribution in [-0.4, -0.2) is 31.4 Å². The van der Waals surface area contributed by atoms with E-state index in [2.05, 4.69) is 4.72 Å². The first-order valence-corrected chi connectivity index (χ1v) is 8.61. The van der Waals surface area contributed by atoms with E-state index in [0.717, 1.165) is 6.07 Å². The van der Waals surface area contributed by atoms with E-state index in [-0.39, 0.29) is 22.8 Å². The van der Waals surface area contributed by atoms with E-state index in [1.54, 1.807) is 11.8 Å². The molecule has 0 spiro atoms. The Hall–Kier alpha value is -1.32. The van der Waals surface area contributed by atoms with E-state index in [0.29, 0.717) is 11.7 Å². The van der Waals surface area contributed by atoms with Crippen LogP contribution < -0.4 is 10.5 Å². The summed E-state index contributed by atoms with van der Waals surface area (Å²) in [7, 11) is -3.84. The predicted octanol–water partition coefficient (Wildman–Crippen LogP) is 1.60. The number of nitrogens with two attached hydrogens (primary N) is 1. The topological polar surface area (TPSA) is 115 Å². The summed E-state index contributed by atoms with van der Waals surface area (Å²) in [5.41, 5.74) is 5.27. The first-order valence-electron chi connectivity index (χ1n) is 5.84. The summed E-state index contributed by atoms with van der Waals surface area (Å²) in [4.78, 5) is 9.76. The van der Waals surface area contributed by atoms with Crippen molar-refractivity contribution in [3.63, 3.8) is 0 Å². The van der Waals surface area contributed by atoms with E-state index >= 15 is 0 Å². The summed E-state index contributed by atoms with van der Waals surface area (Å²) in [5, 5.41) is 11.0. The maximum Gasteiger partial charge on any atom is 0.270 e. The van der Waals surface area contributed by atoms with Gasteiger partial charge >= 0.3 is 0 Å². The van der Waals surface area contributed by atoms with Crippen molar-refractivity contribution in [2.45, 2.75) is 23.5 Å². The molecule has 1 aromatic carbocycles. The van der Waals surface area contributed by atoms with Crippen LogP contribution in [0.15, 0.2) is 23.1 Å². The third-order valence-corrected chi connectivity index (χ3v) is 5.30. The fourth-order valence-electron chi connectivity index (χ4n) is 1.46. The van der Waals surface area contributed by atoms with Crippen LogP contribution in [0.2, 0.25) is 0 Å². The Labute approximate surface area is 122 Å². The third-order valence-electron chi connectivity index (χ3n) is 2.74. The van der Waals surface area contributed by atoms with Crippen molar-refractivity contribution in [1.29, 1.82) is 0 Å². The highest BCUT2D eigenvalue weighted by Crippen LogP contribution is 2.23. The molecule has 1 aromatic rings. The molecule has 9 heteroatoms. The number of nitrogens with one attached hydrogen (secondary N) is 1. The van der Waals surface area contributed by atoms with Crippen LogP contribution in [0.5, 0.6) is 0 Å². The SMILES string of the molecule is CSC(C)CCNS(=O)(=O)c1cc([N+](=O)[O-])ccc1N. The number of non-ortho nitro benzene ring substituents is 1. The second-order valence-corrected chi connectivity index (χ2v) is 7.22. The highest BCUT2D eigenvalue weighted by Gasteiger charge is 2.20. The van der Waals surface area contributed by atoms with Crippen LogP contribution in [0.4, 0.5) is 11.4 Å². The number of sulfonamides is 1. The van der Waals surface area contributed by atoms with Gasteiger partial charge in [-0.2, -0.15) is 11.8 Å². The molecule has 1 atom stereocenters. The Morgan fingerprint density at radius 2 is 2.15 bits per heavy atom. The van der Waals surface area contributed by atoms with Crippen LogP contribution in [0.3, 0.4) is 0 Å². The van der Waals surface area contributed by atoms with Crippen molar-refractivity contribution in [3.05, 3.63) is 28.3 Å². The third kappa shape index (κ3) is 4.36. The lowest BCUT2D eigenvalue weighted by molar-refractivity contribution is -0.385. The molecule has 0 bridgehead atoms. The van der Waals surface area contributed by atoms with E-state index in [9.17, 15) is 18.5 Å². The smallest absolute Gasteiger partial charge is 0.270 e. The molecule has 0 saturated heterocycles. The van der Waals surface area contributed by atoms with Gasteiger partial charge < -0.3 is 5.73 Å². The normalized spacial score (nSPS) is 13.1. The highest BCUT2D eigenvalue weighted by molar-refractivity contribution is 7.99. The molecule has 0 heterocycles. The molecule has 0 aliphatic carbocycles. The van der Waals surface area contributed by atoms with Gasteiger partial charge in [-0.15, -0.1) is 0 Å². The second-order valence-electron chi connectivity index (χ2n) is 4.21. The average Bonchev–Trinajstić information content (AvgIpc) is 2.38. The van der Waals surface area contributed by atoms with Gasteiger partial charge in [0.05, 0.1) is 10.6 Å². The standard InChI is InChI=1S/C11H17N3O4S2/c1-8(19-2)5-6-13-20(17,18)11-7-9(14(15)16)3-4-10(11)12/h3-4,7-8,13H,5-6,12H2,1-2H3. The monoisotopic (exact) mass is 319 g/mol. The van der Waals surface area contributed by atoms with Gasteiger partial charge in [-0.25, -0.2) is 13.1 Å². The molecule has 1 rings (SSSR count). The zero-order valence-corrected chi connectivity index (χ0v) is 12.8. The van der Waals surface area contributed by atoms with Crippen molar-refractivity contribution < 1.29 is 13.3 Å². The minimum Gasteiger partial charge on any atom is -0.398 e. The van der Waals surface area contributed by atoms with Gasteiger partial charge in [-0.3, -0.25) is 10.1 Å². The largest absolute Gasteiger partial charge is 0.398 e. The Bertz CT molecular complexity index is 589. The lowest BCUT2D eigenvalue weighted by Gasteiger charge is -2.11. The Kier molecular flexibility index (Phi) is 5.78. The van der Waals surface area contributed by atoms with Crippen LogP contribution >= 0.6 is 11.8 Å². The zero-order chi connectivity index (χ0) is 15.3. The lowest BCUT2D eigenvalue weighted by Crippen LogP contribution is -2.27. The summed E-state index contributed by atoms with van der Waals surface area (Å²) >= 11 is 1.63. The number of nitro groups is 1. The number of nitrogen functional groups attached to an aromatic ring is 1. The predicted molar refractivity (Wildman–Crippen MR) is 80.3 cm³/mol. The van der Waals surface area contributed by atoms with E-state index < -0.39 is 14.9 Å². The number of anilines is 1. The molecule has 0 fully saturated rings. The van der Waals surface area contributed by atoms with E-state index in [1.165, 1.54) is 12.1 Å². The summed E-state index contributed by atoms with van der Waals surface area (Å²) in [5.74, 6) is 0. The molecule has 112 valence electrons. The molecule has 1 unspecified atom stereocenters. The molecular formula is C11H17N3O4S2. The first-order chi connectivity index (χ1) is 9.27. The number of benzene rings is 1. The Morgan fingerprint density at radius 3 is 2.70 bits per heavy atom. The van der Waals surface area contributed by atoms with Crippen molar-refractivity contribution in [1.82, 2.24) is 4.72 Å². The van der Waals surface area contributed by atoms with Crippen molar-refractivity contribution in [3.8, 4) is 0 Å². The average molecular weight is 319 g/mol. The summed E-state index contributed by atoms with van der Waals surface area (Å²) in [6.07, 6.45) is 2.60. The van der Waals surface area contributed by atoms with Gasteiger partial charge in [-0.1, -0.05) is 6.92 Å². The van der Waals surface area contributed by atoms with Crippen LogP contribution in [0.1, 0.15) is 13.3 Å². The lowest BCUT2D eigenvalue weighted by atomic mass is 10.3. The number of nitro benzene ring substituents is 1. The molecule has 0 saturated carbocycles. The molecular weight excluding hydrogens is 302 g/mol. The Morgan fingerprint density at radius 1 is 1.50 bits per heavy atom. The number of thioether (sulfide) groups is 1. The first kappa shape index (κ1) is 16.7. The molecule has 20 heavy (non-hydrogen) atoms. The van der Waals surface area contributed by atoms with Gasteiger partial charge in [-0.05, 0) is 18.7 Å². The minimum atomic E-state index is -3.84. The molecule has 7 nitrogen and oxygen atoms in total.